The highest BCUT2D eigenvalue weighted by Crippen LogP contribution is 2.19. The van der Waals surface area contributed by atoms with Crippen LogP contribution in [0.15, 0.2) is 61.1 Å². The fourth-order valence-corrected chi connectivity index (χ4v) is 3.09. The molecule has 3 heterocycles. The second-order valence-corrected chi connectivity index (χ2v) is 6.02. The van der Waals surface area contributed by atoms with Gasteiger partial charge in [-0.3, -0.25) is 0 Å². The van der Waals surface area contributed by atoms with Crippen molar-refractivity contribution in [1.82, 2.24) is 19.7 Å². The van der Waals surface area contributed by atoms with Gasteiger partial charge in [-0.05, 0) is 30.2 Å². The Bertz CT molecular complexity index is 923. The summed E-state index contributed by atoms with van der Waals surface area (Å²) < 4.78 is 2.00. The van der Waals surface area contributed by atoms with Gasteiger partial charge in [0.1, 0.15) is 5.65 Å². The van der Waals surface area contributed by atoms with Gasteiger partial charge in [-0.1, -0.05) is 24.3 Å². The maximum Gasteiger partial charge on any atom is 0.137 e. The van der Waals surface area contributed by atoms with Gasteiger partial charge in [-0.2, -0.15) is 0 Å². The number of hydrogen-bond donors (Lipinski definition) is 3. The van der Waals surface area contributed by atoms with Crippen molar-refractivity contribution in [3.05, 3.63) is 72.3 Å². The quantitative estimate of drug-likeness (QED) is 0.511. The maximum absolute atomic E-state index is 9.72. The molecule has 0 amide bonds. The van der Waals surface area contributed by atoms with Crippen molar-refractivity contribution in [3.63, 3.8) is 0 Å². The number of nitrogens with one attached hydrogen (secondary N) is 2. The molecule has 0 fully saturated rings. The van der Waals surface area contributed by atoms with E-state index in [1.807, 2.05) is 53.3 Å². The normalized spacial score (nSPS) is 12.9. The highest BCUT2D eigenvalue weighted by atomic mass is 16.3. The third-order valence-corrected chi connectivity index (χ3v) is 4.35. The number of fused-ring (bicyclic) bond motifs is 2. The molecular weight excluding hydrogens is 300 g/mol. The SMILES string of the molecule is OC[C@H](Cc1c[nH]c2ccccc12)NCc1cn2ccccc2n1. The van der Waals surface area contributed by atoms with Gasteiger partial charge >= 0.3 is 0 Å². The monoisotopic (exact) mass is 320 g/mol. The van der Waals surface area contributed by atoms with E-state index in [1.54, 1.807) is 0 Å². The number of aromatic nitrogens is 3. The molecule has 0 spiro atoms. The number of imidazole rings is 1. The van der Waals surface area contributed by atoms with Gasteiger partial charge in [0.25, 0.3) is 0 Å². The van der Waals surface area contributed by atoms with E-state index >= 15 is 0 Å². The van der Waals surface area contributed by atoms with Crippen molar-refractivity contribution in [2.24, 2.45) is 0 Å². The number of rotatable bonds is 6. The Morgan fingerprint density at radius 2 is 2.04 bits per heavy atom. The van der Waals surface area contributed by atoms with E-state index in [-0.39, 0.29) is 12.6 Å². The van der Waals surface area contributed by atoms with E-state index in [4.69, 9.17) is 0 Å². The maximum atomic E-state index is 9.72. The summed E-state index contributed by atoms with van der Waals surface area (Å²) in [5.74, 6) is 0. The molecule has 0 bridgehead atoms. The zero-order valence-corrected chi connectivity index (χ0v) is 13.3. The van der Waals surface area contributed by atoms with Crippen LogP contribution in [0, 0.1) is 0 Å². The van der Waals surface area contributed by atoms with Crippen LogP contribution in [-0.2, 0) is 13.0 Å². The summed E-state index contributed by atoms with van der Waals surface area (Å²) >= 11 is 0. The zero-order chi connectivity index (χ0) is 16.4. The van der Waals surface area contributed by atoms with Crippen LogP contribution in [-0.4, -0.2) is 32.1 Å². The molecule has 24 heavy (non-hydrogen) atoms. The summed E-state index contributed by atoms with van der Waals surface area (Å²) in [5, 5.41) is 14.3. The largest absolute Gasteiger partial charge is 0.395 e. The number of hydrogen-bond acceptors (Lipinski definition) is 3. The molecule has 3 aromatic heterocycles. The van der Waals surface area contributed by atoms with Crippen LogP contribution < -0.4 is 5.32 Å². The number of aromatic amines is 1. The van der Waals surface area contributed by atoms with Crippen molar-refractivity contribution in [3.8, 4) is 0 Å². The molecule has 4 rings (SSSR count). The van der Waals surface area contributed by atoms with E-state index < -0.39 is 0 Å². The minimum absolute atomic E-state index is 0.00554. The molecule has 0 radical (unpaired) electrons. The number of aliphatic hydroxyl groups is 1. The summed E-state index contributed by atoms with van der Waals surface area (Å²) in [6, 6.07) is 14.2. The second kappa shape index (κ2) is 6.47. The third kappa shape index (κ3) is 2.91. The highest BCUT2D eigenvalue weighted by molar-refractivity contribution is 5.83. The third-order valence-electron chi connectivity index (χ3n) is 4.35. The minimum Gasteiger partial charge on any atom is -0.395 e. The first-order valence-corrected chi connectivity index (χ1v) is 8.15. The Kier molecular flexibility index (Phi) is 4.02. The standard InChI is InChI=1S/C19H20N4O/c24-13-15(9-14-10-21-18-6-2-1-5-17(14)18)20-11-16-12-23-8-4-3-7-19(23)22-16/h1-8,10,12,15,20-21,24H,9,11,13H2/t15-/m0/s1. The minimum atomic E-state index is -0.00554. The predicted octanol–water partition coefficient (Wildman–Crippen LogP) is 2.51. The lowest BCUT2D eigenvalue weighted by molar-refractivity contribution is 0.240. The van der Waals surface area contributed by atoms with Gasteiger partial charge in [0.05, 0.1) is 12.3 Å². The first-order chi connectivity index (χ1) is 11.8. The van der Waals surface area contributed by atoms with Gasteiger partial charge in [-0.25, -0.2) is 4.98 Å². The lowest BCUT2D eigenvalue weighted by atomic mass is 10.1. The number of H-pyrrole nitrogens is 1. The fourth-order valence-electron chi connectivity index (χ4n) is 3.09. The summed E-state index contributed by atoms with van der Waals surface area (Å²) in [7, 11) is 0. The molecule has 1 atom stereocenters. The van der Waals surface area contributed by atoms with Gasteiger partial charge in [0, 0.05) is 42.1 Å². The number of nitrogens with zero attached hydrogens (tertiary/aromatic N) is 2. The van der Waals surface area contributed by atoms with Crippen molar-refractivity contribution in [2.75, 3.05) is 6.61 Å². The Labute approximate surface area is 140 Å². The van der Waals surface area contributed by atoms with E-state index in [1.165, 1.54) is 10.9 Å². The smallest absolute Gasteiger partial charge is 0.137 e. The van der Waals surface area contributed by atoms with E-state index in [9.17, 15) is 5.11 Å². The molecule has 0 aliphatic rings. The van der Waals surface area contributed by atoms with Crippen LogP contribution in [0.4, 0.5) is 0 Å². The fraction of sp³-hybridized carbons (Fsp3) is 0.211. The molecule has 0 saturated heterocycles. The van der Waals surface area contributed by atoms with E-state index in [0.717, 1.165) is 23.3 Å². The van der Waals surface area contributed by atoms with Crippen LogP contribution in [0.25, 0.3) is 16.6 Å². The van der Waals surface area contributed by atoms with Gasteiger partial charge < -0.3 is 19.8 Å². The number of pyridine rings is 1. The summed E-state index contributed by atoms with van der Waals surface area (Å²) in [5.41, 5.74) is 4.25. The molecule has 0 saturated carbocycles. The molecule has 5 heteroatoms. The van der Waals surface area contributed by atoms with Crippen LogP contribution in [0.1, 0.15) is 11.3 Å². The van der Waals surface area contributed by atoms with Crippen molar-refractivity contribution < 1.29 is 5.11 Å². The van der Waals surface area contributed by atoms with Crippen molar-refractivity contribution in [1.29, 1.82) is 0 Å². The number of benzene rings is 1. The molecular formula is C19H20N4O. The van der Waals surface area contributed by atoms with Crippen molar-refractivity contribution >= 4 is 16.6 Å². The first kappa shape index (κ1) is 14.9. The Morgan fingerprint density at radius 3 is 2.92 bits per heavy atom. The van der Waals surface area contributed by atoms with Crippen LogP contribution in [0.2, 0.25) is 0 Å². The number of aliphatic hydroxyl groups excluding tert-OH is 1. The topological polar surface area (TPSA) is 65.3 Å². The summed E-state index contributed by atoms with van der Waals surface area (Å²) in [4.78, 5) is 7.86. The van der Waals surface area contributed by atoms with Crippen LogP contribution in [0.3, 0.4) is 0 Å². The van der Waals surface area contributed by atoms with Crippen LogP contribution in [0.5, 0.6) is 0 Å². The Hall–Kier alpha value is -2.63. The lowest BCUT2D eigenvalue weighted by Crippen LogP contribution is -2.34. The second-order valence-electron chi connectivity index (χ2n) is 6.02. The molecule has 0 aliphatic carbocycles. The van der Waals surface area contributed by atoms with Gasteiger partial charge in [0.2, 0.25) is 0 Å². The zero-order valence-electron chi connectivity index (χ0n) is 13.3. The first-order valence-electron chi connectivity index (χ1n) is 8.15. The van der Waals surface area contributed by atoms with E-state index in [0.29, 0.717) is 6.54 Å². The van der Waals surface area contributed by atoms with Gasteiger partial charge in [-0.15, -0.1) is 0 Å². The molecule has 4 aromatic rings. The van der Waals surface area contributed by atoms with Crippen molar-refractivity contribution in [2.45, 2.75) is 19.0 Å². The molecule has 122 valence electrons. The van der Waals surface area contributed by atoms with E-state index in [2.05, 4.69) is 27.4 Å². The molecule has 0 aliphatic heterocycles. The molecule has 1 aromatic carbocycles. The molecule has 0 unspecified atom stereocenters. The predicted molar refractivity (Wildman–Crippen MR) is 94.9 cm³/mol. The molecule has 5 nitrogen and oxygen atoms in total. The Morgan fingerprint density at radius 1 is 1.17 bits per heavy atom. The average Bonchev–Trinajstić information content (AvgIpc) is 3.22. The Balaban J connectivity index is 1.46. The lowest BCUT2D eigenvalue weighted by Gasteiger charge is -2.15. The summed E-state index contributed by atoms with van der Waals surface area (Å²) in [6.07, 6.45) is 6.80. The average molecular weight is 320 g/mol. The van der Waals surface area contributed by atoms with Gasteiger partial charge in [0.15, 0.2) is 0 Å². The van der Waals surface area contributed by atoms with Crippen LogP contribution >= 0.6 is 0 Å². The summed E-state index contributed by atoms with van der Waals surface area (Å²) in [6.45, 7) is 0.724. The number of para-hydroxylation sites is 1. The highest BCUT2D eigenvalue weighted by Gasteiger charge is 2.12. The molecule has 3 N–H and O–H groups in total.